The van der Waals surface area contributed by atoms with Gasteiger partial charge in [-0.15, -0.1) is 0 Å². The summed E-state index contributed by atoms with van der Waals surface area (Å²) in [7, 11) is 0. The Balaban J connectivity index is 2.06. The van der Waals surface area contributed by atoms with E-state index in [1.807, 2.05) is 0 Å². The summed E-state index contributed by atoms with van der Waals surface area (Å²) in [5, 5.41) is 8.61. The molecule has 2 aliphatic rings. The van der Waals surface area contributed by atoms with Crippen molar-refractivity contribution in [1.82, 2.24) is 0 Å². The van der Waals surface area contributed by atoms with Crippen molar-refractivity contribution in [2.45, 2.75) is 25.7 Å². The molecule has 0 unspecified atom stereocenters. The minimum Gasteiger partial charge on any atom is -0.295 e. The Morgan fingerprint density at radius 3 is 2.92 bits per heavy atom. The Morgan fingerprint density at radius 1 is 1.50 bits per heavy atom. The van der Waals surface area contributed by atoms with Crippen molar-refractivity contribution in [2.75, 3.05) is 0 Å². The predicted octanol–water partition coefficient (Wildman–Crippen LogP) is 1.83. The van der Waals surface area contributed by atoms with Gasteiger partial charge in [-0.05, 0) is 31.3 Å². The van der Waals surface area contributed by atoms with Crippen LogP contribution in [0.2, 0.25) is 0 Å². The van der Waals surface area contributed by atoms with Gasteiger partial charge in [-0.2, -0.15) is 5.26 Å². The average Bonchev–Trinajstić information content (AvgIpc) is 2.83. The van der Waals surface area contributed by atoms with Crippen molar-refractivity contribution in [3.05, 3.63) is 11.6 Å². The second kappa shape index (κ2) is 2.75. The van der Waals surface area contributed by atoms with E-state index >= 15 is 0 Å². The second-order valence-electron chi connectivity index (χ2n) is 3.62. The van der Waals surface area contributed by atoms with Gasteiger partial charge in [0.05, 0.1) is 12.0 Å². The average molecular weight is 161 g/mol. The Labute approximate surface area is 71.9 Å². The van der Waals surface area contributed by atoms with E-state index in [9.17, 15) is 4.79 Å². The molecule has 0 spiro atoms. The fourth-order valence-electron chi connectivity index (χ4n) is 1.86. The number of nitriles is 1. The zero-order valence-electron chi connectivity index (χ0n) is 6.92. The number of rotatable bonds is 1. The summed E-state index contributed by atoms with van der Waals surface area (Å²) in [6.07, 6.45) is 5.47. The standard InChI is InChI=1S/C10H11NO/c11-6-8-5-10(8)7-2-1-3-9(12)4-7/h4,8,10H,1-3,5H2/t8-,10+/m1/s1. The third-order valence-electron chi connectivity index (χ3n) is 2.67. The van der Waals surface area contributed by atoms with Crippen LogP contribution >= 0.6 is 0 Å². The molecule has 2 aliphatic carbocycles. The van der Waals surface area contributed by atoms with Crippen molar-refractivity contribution in [3.63, 3.8) is 0 Å². The van der Waals surface area contributed by atoms with Gasteiger partial charge in [0.25, 0.3) is 0 Å². The Morgan fingerprint density at radius 2 is 2.33 bits per heavy atom. The van der Waals surface area contributed by atoms with Crippen molar-refractivity contribution in [3.8, 4) is 6.07 Å². The van der Waals surface area contributed by atoms with Gasteiger partial charge in [0.15, 0.2) is 5.78 Å². The molecule has 0 radical (unpaired) electrons. The lowest BCUT2D eigenvalue weighted by atomic mass is 9.94. The highest BCUT2D eigenvalue weighted by atomic mass is 16.1. The lowest BCUT2D eigenvalue weighted by molar-refractivity contribution is -0.115. The van der Waals surface area contributed by atoms with E-state index in [4.69, 9.17) is 5.26 Å². The molecule has 0 amide bonds. The number of carbonyl (C=O) groups is 1. The normalized spacial score (nSPS) is 33.9. The van der Waals surface area contributed by atoms with E-state index in [1.54, 1.807) is 6.08 Å². The molecule has 1 fully saturated rings. The van der Waals surface area contributed by atoms with E-state index in [2.05, 4.69) is 6.07 Å². The molecule has 12 heavy (non-hydrogen) atoms. The Bertz CT molecular complexity index is 285. The molecule has 0 aromatic carbocycles. The van der Waals surface area contributed by atoms with E-state index < -0.39 is 0 Å². The highest BCUT2D eigenvalue weighted by Crippen LogP contribution is 2.46. The molecule has 0 aliphatic heterocycles. The molecule has 2 atom stereocenters. The summed E-state index contributed by atoms with van der Waals surface area (Å²) in [6, 6.07) is 2.25. The first kappa shape index (κ1) is 7.54. The van der Waals surface area contributed by atoms with Crippen LogP contribution in [0.25, 0.3) is 0 Å². The maximum atomic E-state index is 11.0. The van der Waals surface area contributed by atoms with Crippen LogP contribution in [0.3, 0.4) is 0 Å². The van der Waals surface area contributed by atoms with Gasteiger partial charge in [0.1, 0.15) is 0 Å². The number of hydrogen-bond donors (Lipinski definition) is 0. The van der Waals surface area contributed by atoms with Gasteiger partial charge in [0, 0.05) is 6.42 Å². The molecule has 0 N–H and O–H groups in total. The van der Waals surface area contributed by atoms with Crippen LogP contribution in [0.15, 0.2) is 11.6 Å². The highest BCUT2D eigenvalue weighted by molar-refractivity contribution is 5.91. The van der Waals surface area contributed by atoms with Gasteiger partial charge < -0.3 is 0 Å². The van der Waals surface area contributed by atoms with Crippen molar-refractivity contribution in [1.29, 1.82) is 5.26 Å². The molecule has 0 heterocycles. The third-order valence-corrected chi connectivity index (χ3v) is 2.67. The van der Waals surface area contributed by atoms with Gasteiger partial charge in [0.2, 0.25) is 0 Å². The van der Waals surface area contributed by atoms with E-state index in [0.717, 1.165) is 19.3 Å². The fraction of sp³-hybridized carbons (Fsp3) is 0.600. The van der Waals surface area contributed by atoms with E-state index in [-0.39, 0.29) is 11.7 Å². The Kier molecular flexibility index (Phi) is 1.73. The lowest BCUT2D eigenvalue weighted by Crippen LogP contribution is -2.04. The van der Waals surface area contributed by atoms with Gasteiger partial charge >= 0.3 is 0 Å². The molecule has 0 bridgehead atoms. The van der Waals surface area contributed by atoms with Crippen molar-refractivity contribution < 1.29 is 4.79 Å². The molecule has 0 aromatic heterocycles. The molecule has 0 aromatic rings. The molecular formula is C10H11NO. The van der Waals surface area contributed by atoms with Crippen LogP contribution in [-0.4, -0.2) is 5.78 Å². The molecule has 62 valence electrons. The molecule has 2 nitrogen and oxygen atoms in total. The summed E-state index contributed by atoms with van der Waals surface area (Å²) in [5.74, 6) is 0.890. The highest BCUT2D eigenvalue weighted by Gasteiger charge is 2.40. The smallest absolute Gasteiger partial charge is 0.155 e. The van der Waals surface area contributed by atoms with E-state index in [0.29, 0.717) is 12.3 Å². The quantitative estimate of drug-likeness (QED) is 0.588. The van der Waals surface area contributed by atoms with Crippen LogP contribution in [0.1, 0.15) is 25.7 Å². The van der Waals surface area contributed by atoms with Gasteiger partial charge in [-0.1, -0.05) is 5.57 Å². The van der Waals surface area contributed by atoms with Gasteiger partial charge in [-0.3, -0.25) is 4.79 Å². The minimum atomic E-state index is 0.210. The van der Waals surface area contributed by atoms with Crippen LogP contribution in [-0.2, 0) is 4.79 Å². The SMILES string of the molecule is N#C[C@H]1C[C@H]1C1=CC(=O)CCC1. The van der Waals surface area contributed by atoms with Crippen LogP contribution < -0.4 is 0 Å². The first-order chi connectivity index (χ1) is 5.81. The summed E-state index contributed by atoms with van der Waals surface area (Å²) in [4.78, 5) is 11.0. The first-order valence-corrected chi connectivity index (χ1v) is 4.44. The molecule has 2 heteroatoms. The molecule has 0 saturated heterocycles. The van der Waals surface area contributed by atoms with E-state index in [1.165, 1.54) is 5.57 Å². The zero-order chi connectivity index (χ0) is 8.55. The fourth-order valence-corrected chi connectivity index (χ4v) is 1.86. The summed E-state index contributed by atoms with van der Waals surface area (Å²) < 4.78 is 0. The second-order valence-corrected chi connectivity index (χ2v) is 3.62. The number of ketones is 1. The number of hydrogen-bond acceptors (Lipinski definition) is 2. The van der Waals surface area contributed by atoms with Crippen molar-refractivity contribution in [2.24, 2.45) is 11.8 Å². The number of nitrogens with zero attached hydrogens (tertiary/aromatic N) is 1. The van der Waals surface area contributed by atoms with Crippen LogP contribution in [0.4, 0.5) is 0 Å². The maximum absolute atomic E-state index is 11.0. The van der Waals surface area contributed by atoms with Crippen LogP contribution in [0, 0.1) is 23.2 Å². The largest absolute Gasteiger partial charge is 0.295 e. The topological polar surface area (TPSA) is 40.9 Å². The Hall–Kier alpha value is -1.10. The monoisotopic (exact) mass is 161 g/mol. The summed E-state index contributed by atoms with van der Waals surface area (Å²) in [6.45, 7) is 0. The zero-order valence-corrected chi connectivity index (χ0v) is 6.92. The van der Waals surface area contributed by atoms with Crippen molar-refractivity contribution >= 4 is 5.78 Å². The number of carbonyl (C=O) groups excluding carboxylic acids is 1. The molecule has 1 saturated carbocycles. The molecule has 2 rings (SSSR count). The molecular weight excluding hydrogens is 150 g/mol. The summed E-state index contributed by atoms with van der Waals surface area (Å²) >= 11 is 0. The minimum absolute atomic E-state index is 0.210. The van der Waals surface area contributed by atoms with Gasteiger partial charge in [-0.25, -0.2) is 0 Å². The predicted molar refractivity (Wildman–Crippen MR) is 44.2 cm³/mol. The number of allylic oxidation sites excluding steroid dienone is 2. The lowest BCUT2D eigenvalue weighted by Gasteiger charge is -2.10. The maximum Gasteiger partial charge on any atom is 0.155 e. The summed E-state index contributed by atoms with van der Waals surface area (Å²) in [5.41, 5.74) is 1.23. The first-order valence-electron chi connectivity index (χ1n) is 4.44. The third kappa shape index (κ3) is 1.27. The van der Waals surface area contributed by atoms with Crippen LogP contribution in [0.5, 0.6) is 0 Å².